The molecule has 17 heavy (non-hydrogen) atoms. The van der Waals surface area contributed by atoms with Gasteiger partial charge in [-0.05, 0) is 66.7 Å². The van der Waals surface area contributed by atoms with E-state index in [4.69, 9.17) is 0 Å². The van der Waals surface area contributed by atoms with Crippen LogP contribution in [-0.4, -0.2) is 31.1 Å². The monoisotopic (exact) mass is 272 g/mol. The average Bonchev–Trinajstić information content (AvgIpc) is 2.92. The van der Waals surface area contributed by atoms with Crippen LogP contribution in [0.5, 0.6) is 0 Å². The number of halogens is 1. The maximum atomic E-state index is 3.48. The first-order chi connectivity index (χ1) is 7.86. The van der Waals surface area contributed by atoms with Crippen molar-refractivity contribution in [2.75, 3.05) is 26.2 Å². The summed E-state index contributed by atoms with van der Waals surface area (Å²) >= 11 is 1.81. The summed E-state index contributed by atoms with van der Waals surface area (Å²) < 4.78 is 0. The van der Waals surface area contributed by atoms with Crippen molar-refractivity contribution in [3.63, 3.8) is 0 Å². The van der Waals surface area contributed by atoms with Crippen LogP contribution in [0, 0.1) is 5.41 Å². The zero-order valence-electron chi connectivity index (χ0n) is 10.2. The van der Waals surface area contributed by atoms with Gasteiger partial charge in [0.2, 0.25) is 0 Å². The Balaban J connectivity index is 0.00000108. The molecule has 0 amide bonds. The van der Waals surface area contributed by atoms with E-state index in [0.29, 0.717) is 5.41 Å². The van der Waals surface area contributed by atoms with Gasteiger partial charge in [-0.2, -0.15) is 11.3 Å². The standard InChI is InChI=1S/C13H20N2S.ClH/c1-8-16-10-12(1)9-15-7-4-13(11-15)2-5-14-6-3-13;/h1,8,10,14H,2-7,9,11H2;1H. The third kappa shape index (κ3) is 3.02. The molecule has 0 radical (unpaired) electrons. The second kappa shape index (κ2) is 5.70. The first kappa shape index (κ1) is 13.3. The summed E-state index contributed by atoms with van der Waals surface area (Å²) in [6.45, 7) is 6.25. The summed E-state index contributed by atoms with van der Waals surface area (Å²) in [5.74, 6) is 0. The van der Waals surface area contributed by atoms with Crippen molar-refractivity contribution in [3.8, 4) is 0 Å². The van der Waals surface area contributed by atoms with Crippen LogP contribution in [0.3, 0.4) is 0 Å². The second-order valence-corrected chi connectivity index (χ2v) is 6.12. The third-order valence-electron chi connectivity index (χ3n) is 4.17. The lowest BCUT2D eigenvalue weighted by atomic mass is 9.78. The van der Waals surface area contributed by atoms with Gasteiger partial charge in [-0.25, -0.2) is 0 Å². The fraction of sp³-hybridized carbons (Fsp3) is 0.692. The van der Waals surface area contributed by atoms with E-state index in [1.807, 2.05) is 11.3 Å². The minimum Gasteiger partial charge on any atom is -0.317 e. The number of hydrogen-bond donors (Lipinski definition) is 1. The highest BCUT2D eigenvalue weighted by atomic mass is 35.5. The number of nitrogens with zero attached hydrogens (tertiary/aromatic N) is 1. The summed E-state index contributed by atoms with van der Waals surface area (Å²) in [6.07, 6.45) is 4.18. The van der Waals surface area contributed by atoms with Crippen LogP contribution in [0.1, 0.15) is 24.8 Å². The first-order valence-electron chi connectivity index (χ1n) is 6.31. The molecule has 2 saturated heterocycles. The van der Waals surface area contributed by atoms with E-state index in [-0.39, 0.29) is 12.4 Å². The molecule has 1 spiro atoms. The average molecular weight is 273 g/mol. The van der Waals surface area contributed by atoms with Gasteiger partial charge in [-0.1, -0.05) is 0 Å². The molecular weight excluding hydrogens is 252 g/mol. The van der Waals surface area contributed by atoms with Gasteiger partial charge in [0.1, 0.15) is 0 Å². The molecule has 2 aliphatic rings. The zero-order chi connectivity index (χ0) is 10.8. The SMILES string of the molecule is Cl.c1cc(CN2CCC3(CCNCC3)C2)cs1. The molecule has 0 unspecified atom stereocenters. The molecule has 1 aromatic heterocycles. The maximum Gasteiger partial charge on any atom is 0.0242 e. The van der Waals surface area contributed by atoms with Crippen molar-refractivity contribution in [3.05, 3.63) is 22.4 Å². The van der Waals surface area contributed by atoms with Crippen molar-refractivity contribution in [1.82, 2.24) is 10.2 Å². The Hall–Kier alpha value is -0.0900. The topological polar surface area (TPSA) is 15.3 Å². The Kier molecular flexibility index (Phi) is 4.47. The van der Waals surface area contributed by atoms with Crippen LogP contribution in [-0.2, 0) is 6.54 Å². The van der Waals surface area contributed by atoms with Crippen LogP contribution >= 0.6 is 23.7 Å². The minimum atomic E-state index is 0. The molecule has 0 aromatic carbocycles. The summed E-state index contributed by atoms with van der Waals surface area (Å²) in [5, 5.41) is 7.95. The van der Waals surface area contributed by atoms with Crippen LogP contribution in [0.15, 0.2) is 16.8 Å². The fourth-order valence-corrected chi connectivity index (χ4v) is 3.83. The lowest BCUT2D eigenvalue weighted by Gasteiger charge is -2.33. The van der Waals surface area contributed by atoms with E-state index in [0.717, 1.165) is 0 Å². The number of nitrogens with one attached hydrogen (secondary N) is 1. The van der Waals surface area contributed by atoms with Gasteiger partial charge in [0.05, 0.1) is 0 Å². The Bertz CT molecular complexity index is 333. The van der Waals surface area contributed by atoms with E-state index in [2.05, 4.69) is 27.0 Å². The second-order valence-electron chi connectivity index (χ2n) is 5.34. The van der Waals surface area contributed by atoms with E-state index >= 15 is 0 Å². The highest BCUT2D eigenvalue weighted by Gasteiger charge is 2.38. The molecule has 0 aliphatic carbocycles. The molecule has 1 aromatic rings. The van der Waals surface area contributed by atoms with Crippen LogP contribution in [0.2, 0.25) is 0 Å². The number of hydrogen-bond acceptors (Lipinski definition) is 3. The van der Waals surface area contributed by atoms with E-state index in [1.165, 1.54) is 57.5 Å². The van der Waals surface area contributed by atoms with Gasteiger partial charge in [0.15, 0.2) is 0 Å². The summed E-state index contributed by atoms with van der Waals surface area (Å²) in [6, 6.07) is 2.26. The molecule has 2 aliphatic heterocycles. The van der Waals surface area contributed by atoms with Gasteiger partial charge in [0, 0.05) is 13.1 Å². The molecule has 3 rings (SSSR count). The van der Waals surface area contributed by atoms with Crippen molar-refractivity contribution in [1.29, 1.82) is 0 Å². The zero-order valence-corrected chi connectivity index (χ0v) is 11.8. The van der Waals surface area contributed by atoms with Gasteiger partial charge in [-0.15, -0.1) is 12.4 Å². The quantitative estimate of drug-likeness (QED) is 0.891. The molecule has 0 bridgehead atoms. The Morgan fingerprint density at radius 1 is 1.29 bits per heavy atom. The highest BCUT2D eigenvalue weighted by molar-refractivity contribution is 7.07. The van der Waals surface area contributed by atoms with Crippen LogP contribution < -0.4 is 5.32 Å². The van der Waals surface area contributed by atoms with Gasteiger partial charge in [0.25, 0.3) is 0 Å². The number of rotatable bonds is 2. The lowest BCUT2D eigenvalue weighted by molar-refractivity contribution is 0.194. The van der Waals surface area contributed by atoms with E-state index < -0.39 is 0 Å². The Morgan fingerprint density at radius 3 is 2.82 bits per heavy atom. The Labute approximate surface area is 114 Å². The van der Waals surface area contributed by atoms with Crippen molar-refractivity contribution in [2.45, 2.75) is 25.8 Å². The first-order valence-corrected chi connectivity index (χ1v) is 7.25. The predicted molar refractivity (Wildman–Crippen MR) is 76.0 cm³/mol. The van der Waals surface area contributed by atoms with E-state index in [1.54, 1.807) is 0 Å². The van der Waals surface area contributed by atoms with Gasteiger partial charge < -0.3 is 5.32 Å². The van der Waals surface area contributed by atoms with Gasteiger partial charge in [-0.3, -0.25) is 4.90 Å². The lowest BCUT2D eigenvalue weighted by Crippen LogP contribution is -2.38. The normalized spacial score (nSPS) is 23.8. The molecular formula is C13H21ClN2S. The summed E-state index contributed by atoms with van der Waals surface area (Å²) in [5.41, 5.74) is 2.15. The Morgan fingerprint density at radius 2 is 2.12 bits per heavy atom. The molecule has 4 heteroatoms. The summed E-state index contributed by atoms with van der Waals surface area (Å²) in [7, 11) is 0. The highest BCUT2D eigenvalue weighted by Crippen LogP contribution is 2.39. The molecule has 3 heterocycles. The smallest absolute Gasteiger partial charge is 0.0242 e. The van der Waals surface area contributed by atoms with Gasteiger partial charge >= 0.3 is 0 Å². The third-order valence-corrected chi connectivity index (χ3v) is 4.90. The predicted octanol–water partition coefficient (Wildman–Crippen LogP) is 2.75. The maximum absolute atomic E-state index is 3.48. The largest absolute Gasteiger partial charge is 0.317 e. The van der Waals surface area contributed by atoms with Crippen LogP contribution in [0.4, 0.5) is 0 Å². The number of likely N-dealkylation sites (tertiary alicyclic amines) is 1. The molecule has 0 atom stereocenters. The fourth-order valence-electron chi connectivity index (χ4n) is 3.17. The van der Waals surface area contributed by atoms with E-state index in [9.17, 15) is 0 Å². The molecule has 0 saturated carbocycles. The minimum absolute atomic E-state index is 0. The molecule has 96 valence electrons. The van der Waals surface area contributed by atoms with Crippen molar-refractivity contribution < 1.29 is 0 Å². The van der Waals surface area contributed by atoms with Crippen LogP contribution in [0.25, 0.3) is 0 Å². The molecule has 2 fully saturated rings. The number of thiophene rings is 1. The van der Waals surface area contributed by atoms with Crippen molar-refractivity contribution >= 4 is 23.7 Å². The number of piperidine rings is 1. The molecule has 1 N–H and O–H groups in total. The molecule has 2 nitrogen and oxygen atoms in total. The summed E-state index contributed by atoms with van der Waals surface area (Å²) in [4.78, 5) is 2.65. The van der Waals surface area contributed by atoms with Crippen molar-refractivity contribution in [2.24, 2.45) is 5.41 Å².